The van der Waals surface area contributed by atoms with Crippen molar-refractivity contribution in [2.75, 3.05) is 5.32 Å². The quantitative estimate of drug-likeness (QED) is 0.844. The zero-order valence-electron chi connectivity index (χ0n) is 11.9. The molecule has 0 aliphatic heterocycles. The molecule has 2 atom stereocenters. The number of hydrogen-bond acceptors (Lipinski definition) is 3. The molecular formula is C14H25N3. The average molecular weight is 235 g/mol. The van der Waals surface area contributed by atoms with E-state index in [1.54, 1.807) is 0 Å². The van der Waals surface area contributed by atoms with Crippen LogP contribution in [0.5, 0.6) is 0 Å². The fourth-order valence-electron chi connectivity index (χ4n) is 1.65. The Kier molecular flexibility index (Phi) is 4.91. The van der Waals surface area contributed by atoms with Gasteiger partial charge in [-0.2, -0.15) is 0 Å². The average Bonchev–Trinajstić information content (AvgIpc) is 2.26. The Morgan fingerprint density at radius 2 is 1.82 bits per heavy atom. The summed E-state index contributed by atoms with van der Waals surface area (Å²) in [7, 11) is 0. The third-order valence-electron chi connectivity index (χ3n) is 3.26. The van der Waals surface area contributed by atoms with Gasteiger partial charge in [-0.25, -0.2) is 9.97 Å². The number of nitrogens with zero attached hydrogens (tertiary/aromatic N) is 2. The van der Waals surface area contributed by atoms with Crippen LogP contribution in [0, 0.1) is 12.8 Å². The van der Waals surface area contributed by atoms with Gasteiger partial charge in [0.2, 0.25) is 0 Å². The highest BCUT2D eigenvalue weighted by Crippen LogP contribution is 2.17. The molecule has 3 nitrogen and oxygen atoms in total. The molecular weight excluding hydrogens is 210 g/mol. The van der Waals surface area contributed by atoms with Gasteiger partial charge in [0, 0.05) is 23.7 Å². The van der Waals surface area contributed by atoms with Crippen molar-refractivity contribution in [3.63, 3.8) is 0 Å². The zero-order valence-corrected chi connectivity index (χ0v) is 11.9. The van der Waals surface area contributed by atoms with Gasteiger partial charge in [-0.3, -0.25) is 0 Å². The smallest absolute Gasteiger partial charge is 0.133 e. The first kappa shape index (κ1) is 13.9. The van der Waals surface area contributed by atoms with Crippen molar-refractivity contribution in [2.24, 2.45) is 5.92 Å². The van der Waals surface area contributed by atoms with E-state index < -0.39 is 0 Å². The van der Waals surface area contributed by atoms with Gasteiger partial charge in [0.1, 0.15) is 11.6 Å². The van der Waals surface area contributed by atoms with Crippen LogP contribution >= 0.6 is 0 Å². The number of aromatic nitrogens is 2. The highest BCUT2D eigenvalue weighted by molar-refractivity contribution is 5.37. The highest BCUT2D eigenvalue weighted by Gasteiger charge is 2.12. The Balaban J connectivity index is 2.84. The lowest BCUT2D eigenvalue weighted by Gasteiger charge is -2.21. The van der Waals surface area contributed by atoms with Crippen molar-refractivity contribution in [1.82, 2.24) is 9.97 Å². The summed E-state index contributed by atoms with van der Waals surface area (Å²) in [4.78, 5) is 9.02. The lowest BCUT2D eigenvalue weighted by molar-refractivity contribution is 0.493. The first-order valence-electron chi connectivity index (χ1n) is 6.56. The van der Waals surface area contributed by atoms with Crippen molar-refractivity contribution in [3.8, 4) is 0 Å². The molecule has 1 N–H and O–H groups in total. The van der Waals surface area contributed by atoms with E-state index in [9.17, 15) is 0 Å². The third kappa shape index (κ3) is 3.99. The number of aryl methyl sites for hydroxylation is 1. The van der Waals surface area contributed by atoms with E-state index in [4.69, 9.17) is 0 Å². The minimum Gasteiger partial charge on any atom is -0.367 e. The van der Waals surface area contributed by atoms with Crippen LogP contribution in [-0.2, 0) is 0 Å². The molecule has 0 spiro atoms. The molecule has 0 saturated carbocycles. The fraction of sp³-hybridized carbons (Fsp3) is 0.714. The van der Waals surface area contributed by atoms with Crippen LogP contribution in [0.1, 0.15) is 58.5 Å². The molecule has 1 rings (SSSR count). The summed E-state index contributed by atoms with van der Waals surface area (Å²) in [6.07, 6.45) is 1.18. The molecule has 0 fully saturated rings. The number of rotatable bonds is 5. The molecule has 1 aromatic rings. The minimum absolute atomic E-state index is 0.370. The molecule has 96 valence electrons. The van der Waals surface area contributed by atoms with Crippen LogP contribution in [-0.4, -0.2) is 16.0 Å². The Morgan fingerprint density at radius 1 is 1.18 bits per heavy atom. The lowest BCUT2D eigenvalue weighted by atomic mass is 10.0. The molecule has 17 heavy (non-hydrogen) atoms. The van der Waals surface area contributed by atoms with E-state index >= 15 is 0 Å². The normalized spacial score (nSPS) is 14.8. The maximum Gasteiger partial charge on any atom is 0.133 e. The number of anilines is 1. The molecule has 0 saturated heterocycles. The summed E-state index contributed by atoms with van der Waals surface area (Å²) in [5, 5.41) is 3.48. The van der Waals surface area contributed by atoms with Gasteiger partial charge < -0.3 is 5.32 Å². The van der Waals surface area contributed by atoms with E-state index in [2.05, 4.69) is 49.9 Å². The van der Waals surface area contributed by atoms with Gasteiger partial charge in [0.25, 0.3) is 0 Å². The molecule has 2 unspecified atom stereocenters. The van der Waals surface area contributed by atoms with Crippen molar-refractivity contribution in [3.05, 3.63) is 17.6 Å². The second-order valence-corrected chi connectivity index (χ2v) is 5.23. The van der Waals surface area contributed by atoms with Crippen molar-refractivity contribution in [2.45, 2.75) is 59.9 Å². The van der Waals surface area contributed by atoms with E-state index in [1.807, 2.05) is 13.0 Å². The van der Waals surface area contributed by atoms with Crippen LogP contribution in [0.15, 0.2) is 6.07 Å². The van der Waals surface area contributed by atoms with Crippen LogP contribution in [0.2, 0.25) is 0 Å². The van der Waals surface area contributed by atoms with Crippen LogP contribution in [0.25, 0.3) is 0 Å². The molecule has 1 heterocycles. The number of hydrogen-bond donors (Lipinski definition) is 1. The minimum atomic E-state index is 0.370. The Bertz CT molecular complexity index is 360. The second-order valence-electron chi connectivity index (χ2n) is 5.23. The van der Waals surface area contributed by atoms with Crippen molar-refractivity contribution < 1.29 is 0 Å². The van der Waals surface area contributed by atoms with E-state index in [0.29, 0.717) is 17.9 Å². The highest BCUT2D eigenvalue weighted by atomic mass is 15.1. The summed E-state index contributed by atoms with van der Waals surface area (Å²) in [6.45, 7) is 12.9. The summed E-state index contributed by atoms with van der Waals surface area (Å²) in [5.74, 6) is 2.89. The lowest BCUT2D eigenvalue weighted by Crippen LogP contribution is -2.24. The summed E-state index contributed by atoms with van der Waals surface area (Å²) in [5.41, 5.74) is 1.03. The van der Waals surface area contributed by atoms with E-state index in [-0.39, 0.29) is 0 Å². The van der Waals surface area contributed by atoms with Crippen LogP contribution in [0.3, 0.4) is 0 Å². The van der Waals surface area contributed by atoms with Crippen molar-refractivity contribution >= 4 is 5.82 Å². The topological polar surface area (TPSA) is 37.8 Å². The molecule has 0 aliphatic rings. The van der Waals surface area contributed by atoms with E-state index in [0.717, 1.165) is 17.3 Å². The Morgan fingerprint density at radius 3 is 2.35 bits per heavy atom. The largest absolute Gasteiger partial charge is 0.367 e. The van der Waals surface area contributed by atoms with Gasteiger partial charge in [-0.15, -0.1) is 0 Å². The van der Waals surface area contributed by atoms with E-state index in [1.165, 1.54) is 6.42 Å². The first-order chi connectivity index (χ1) is 7.93. The molecule has 1 aromatic heterocycles. The van der Waals surface area contributed by atoms with Gasteiger partial charge in [-0.05, 0) is 19.8 Å². The Hall–Kier alpha value is -1.12. The first-order valence-corrected chi connectivity index (χ1v) is 6.56. The summed E-state index contributed by atoms with van der Waals surface area (Å²) in [6, 6.07) is 2.46. The van der Waals surface area contributed by atoms with Crippen LogP contribution < -0.4 is 5.32 Å². The Labute approximate surface area is 105 Å². The predicted octanol–water partition coefficient (Wildman–Crippen LogP) is 3.75. The molecule has 0 bridgehead atoms. The van der Waals surface area contributed by atoms with Gasteiger partial charge in [-0.1, -0.05) is 34.1 Å². The summed E-state index contributed by atoms with van der Waals surface area (Å²) >= 11 is 0. The fourth-order valence-corrected chi connectivity index (χ4v) is 1.65. The predicted molar refractivity (Wildman–Crippen MR) is 73.4 cm³/mol. The molecule has 3 heteroatoms. The second kappa shape index (κ2) is 5.99. The van der Waals surface area contributed by atoms with Crippen molar-refractivity contribution in [1.29, 1.82) is 0 Å². The maximum absolute atomic E-state index is 4.57. The SMILES string of the molecule is CCC(C)C(C)Nc1cc(C)nc(C(C)C)n1. The molecule has 0 radical (unpaired) electrons. The molecule has 0 amide bonds. The molecule has 0 aromatic carbocycles. The van der Waals surface area contributed by atoms with Gasteiger partial charge in [0.05, 0.1) is 0 Å². The third-order valence-corrected chi connectivity index (χ3v) is 3.26. The maximum atomic E-state index is 4.57. The van der Waals surface area contributed by atoms with Crippen LogP contribution in [0.4, 0.5) is 5.82 Å². The molecule has 0 aliphatic carbocycles. The van der Waals surface area contributed by atoms with Gasteiger partial charge >= 0.3 is 0 Å². The van der Waals surface area contributed by atoms with Gasteiger partial charge in [0.15, 0.2) is 0 Å². The standard InChI is InChI=1S/C14H25N3/c1-7-10(4)12(6)16-13-8-11(5)15-14(17-13)9(2)3/h8-10,12H,7H2,1-6H3,(H,15,16,17). The zero-order chi connectivity index (χ0) is 13.0. The summed E-state index contributed by atoms with van der Waals surface area (Å²) < 4.78 is 0. The monoisotopic (exact) mass is 235 g/mol. The number of nitrogens with one attached hydrogen (secondary N) is 1.